The minimum atomic E-state index is -0.794. The van der Waals surface area contributed by atoms with Crippen LogP contribution in [-0.4, -0.2) is 28.6 Å². The van der Waals surface area contributed by atoms with Gasteiger partial charge in [0.15, 0.2) is 0 Å². The van der Waals surface area contributed by atoms with E-state index >= 15 is 0 Å². The number of carboxylic acid groups (broad SMARTS) is 1. The van der Waals surface area contributed by atoms with Gasteiger partial charge in [-0.1, -0.05) is 15.9 Å². The Morgan fingerprint density at radius 1 is 1.53 bits per heavy atom. The summed E-state index contributed by atoms with van der Waals surface area (Å²) in [6.07, 6.45) is 1.55. The Balaban J connectivity index is 2.12. The first-order chi connectivity index (χ1) is 8.06. The third-order valence-corrected chi connectivity index (χ3v) is 3.41. The predicted octanol–water partition coefficient (Wildman–Crippen LogP) is 2.64. The molecular formula is C12H13BrFNO2. The number of rotatable bonds is 3. The number of hydrogen-bond donors (Lipinski definition) is 1. The quantitative estimate of drug-likeness (QED) is 0.933. The van der Waals surface area contributed by atoms with Crippen molar-refractivity contribution in [2.75, 3.05) is 6.54 Å². The summed E-state index contributed by atoms with van der Waals surface area (Å²) in [5.41, 5.74) is 0.796. The molecule has 0 aliphatic carbocycles. The van der Waals surface area contributed by atoms with Gasteiger partial charge < -0.3 is 5.11 Å². The second-order valence-corrected chi connectivity index (χ2v) is 5.16. The molecule has 1 heterocycles. The van der Waals surface area contributed by atoms with E-state index in [-0.39, 0.29) is 5.82 Å². The second-order valence-electron chi connectivity index (χ2n) is 4.24. The lowest BCUT2D eigenvalue weighted by atomic mass is 10.2. The standard InChI is InChI=1S/C12H13BrFNO2/c13-9-4-8(5-10(14)6-9)7-15-3-1-2-11(15)12(16)17/h4-6,11H,1-3,7H2,(H,16,17)/t11-/m0/s1. The van der Waals surface area contributed by atoms with Gasteiger partial charge >= 0.3 is 5.97 Å². The molecule has 1 aliphatic rings. The van der Waals surface area contributed by atoms with Gasteiger partial charge in [-0.3, -0.25) is 9.69 Å². The molecule has 1 aromatic carbocycles. The highest BCUT2D eigenvalue weighted by atomic mass is 79.9. The summed E-state index contributed by atoms with van der Waals surface area (Å²) in [5.74, 6) is -1.10. The van der Waals surface area contributed by atoms with Gasteiger partial charge in [-0.2, -0.15) is 0 Å². The Morgan fingerprint density at radius 2 is 2.29 bits per heavy atom. The first-order valence-corrected chi connectivity index (χ1v) is 6.27. The zero-order valence-electron chi connectivity index (χ0n) is 9.20. The van der Waals surface area contributed by atoms with E-state index in [1.807, 2.05) is 11.0 Å². The zero-order chi connectivity index (χ0) is 12.4. The molecule has 1 aromatic rings. The summed E-state index contributed by atoms with van der Waals surface area (Å²) >= 11 is 3.23. The molecule has 1 saturated heterocycles. The first kappa shape index (κ1) is 12.5. The van der Waals surface area contributed by atoms with E-state index in [0.717, 1.165) is 18.5 Å². The number of aliphatic carboxylic acids is 1. The van der Waals surface area contributed by atoms with Crippen molar-refractivity contribution in [2.45, 2.75) is 25.4 Å². The molecule has 17 heavy (non-hydrogen) atoms. The van der Waals surface area contributed by atoms with Crippen LogP contribution in [0.25, 0.3) is 0 Å². The lowest BCUT2D eigenvalue weighted by Crippen LogP contribution is -2.35. The Labute approximate surface area is 107 Å². The van der Waals surface area contributed by atoms with Crippen LogP contribution in [-0.2, 0) is 11.3 Å². The van der Waals surface area contributed by atoms with Crippen molar-refractivity contribution in [2.24, 2.45) is 0 Å². The van der Waals surface area contributed by atoms with Crippen LogP contribution in [0.15, 0.2) is 22.7 Å². The van der Waals surface area contributed by atoms with Gasteiger partial charge in [0, 0.05) is 11.0 Å². The van der Waals surface area contributed by atoms with E-state index in [1.165, 1.54) is 12.1 Å². The largest absolute Gasteiger partial charge is 0.480 e. The van der Waals surface area contributed by atoms with Crippen molar-refractivity contribution in [3.8, 4) is 0 Å². The fourth-order valence-corrected chi connectivity index (χ4v) is 2.74. The number of nitrogens with zero attached hydrogens (tertiary/aromatic N) is 1. The van der Waals surface area contributed by atoms with Crippen molar-refractivity contribution in [1.29, 1.82) is 0 Å². The van der Waals surface area contributed by atoms with E-state index in [1.54, 1.807) is 0 Å². The summed E-state index contributed by atoms with van der Waals surface area (Å²) in [6, 6.07) is 4.22. The highest BCUT2D eigenvalue weighted by Crippen LogP contribution is 2.22. The Morgan fingerprint density at radius 3 is 2.94 bits per heavy atom. The van der Waals surface area contributed by atoms with Crippen LogP contribution < -0.4 is 0 Å². The van der Waals surface area contributed by atoms with Crippen molar-refractivity contribution >= 4 is 21.9 Å². The van der Waals surface area contributed by atoms with Gasteiger partial charge in [0.05, 0.1) is 0 Å². The van der Waals surface area contributed by atoms with Gasteiger partial charge in [-0.25, -0.2) is 4.39 Å². The molecule has 2 rings (SSSR count). The number of likely N-dealkylation sites (tertiary alicyclic amines) is 1. The third kappa shape index (κ3) is 3.04. The summed E-state index contributed by atoms with van der Waals surface area (Å²) < 4.78 is 13.9. The number of carboxylic acids is 1. The van der Waals surface area contributed by atoms with E-state index in [0.29, 0.717) is 17.4 Å². The van der Waals surface area contributed by atoms with Crippen LogP contribution in [0.5, 0.6) is 0 Å². The van der Waals surface area contributed by atoms with Gasteiger partial charge in [0.2, 0.25) is 0 Å². The molecule has 0 saturated carbocycles. The third-order valence-electron chi connectivity index (χ3n) is 2.96. The van der Waals surface area contributed by atoms with Crippen LogP contribution in [0.3, 0.4) is 0 Å². The smallest absolute Gasteiger partial charge is 0.320 e. The number of hydrogen-bond acceptors (Lipinski definition) is 2. The van der Waals surface area contributed by atoms with E-state index in [4.69, 9.17) is 5.11 Å². The van der Waals surface area contributed by atoms with Gasteiger partial charge in [-0.15, -0.1) is 0 Å². The van der Waals surface area contributed by atoms with Crippen molar-refractivity contribution in [3.63, 3.8) is 0 Å². The van der Waals surface area contributed by atoms with Gasteiger partial charge in [0.25, 0.3) is 0 Å². The molecule has 0 unspecified atom stereocenters. The molecule has 3 nitrogen and oxygen atoms in total. The Kier molecular flexibility index (Phi) is 3.79. The summed E-state index contributed by atoms with van der Waals surface area (Å²) in [4.78, 5) is 12.9. The summed E-state index contributed by atoms with van der Waals surface area (Å²) in [7, 11) is 0. The maximum atomic E-state index is 13.2. The molecule has 92 valence electrons. The van der Waals surface area contributed by atoms with Crippen molar-refractivity contribution in [1.82, 2.24) is 4.90 Å². The minimum absolute atomic E-state index is 0.305. The van der Waals surface area contributed by atoms with Crippen LogP contribution in [0.1, 0.15) is 18.4 Å². The summed E-state index contributed by atoms with van der Waals surface area (Å²) in [6.45, 7) is 1.23. The maximum Gasteiger partial charge on any atom is 0.320 e. The molecule has 0 bridgehead atoms. The highest BCUT2D eigenvalue weighted by Gasteiger charge is 2.30. The predicted molar refractivity (Wildman–Crippen MR) is 65.2 cm³/mol. The van der Waals surface area contributed by atoms with E-state index in [9.17, 15) is 9.18 Å². The van der Waals surface area contributed by atoms with Crippen LogP contribution in [0, 0.1) is 5.82 Å². The van der Waals surface area contributed by atoms with Crippen molar-refractivity contribution in [3.05, 3.63) is 34.1 Å². The molecule has 0 spiro atoms. The van der Waals surface area contributed by atoms with E-state index in [2.05, 4.69) is 15.9 Å². The molecular weight excluding hydrogens is 289 g/mol. The minimum Gasteiger partial charge on any atom is -0.480 e. The lowest BCUT2D eigenvalue weighted by molar-refractivity contribution is -0.142. The Hall–Kier alpha value is -0.940. The van der Waals surface area contributed by atoms with Crippen LogP contribution in [0.4, 0.5) is 4.39 Å². The molecule has 1 aliphatic heterocycles. The zero-order valence-corrected chi connectivity index (χ0v) is 10.8. The fourth-order valence-electron chi connectivity index (χ4n) is 2.23. The number of benzene rings is 1. The Bertz CT molecular complexity index is 418. The molecule has 0 radical (unpaired) electrons. The lowest BCUT2D eigenvalue weighted by Gasteiger charge is -2.21. The SMILES string of the molecule is O=C(O)[C@@H]1CCCN1Cc1cc(F)cc(Br)c1. The van der Waals surface area contributed by atoms with Crippen LogP contribution in [0.2, 0.25) is 0 Å². The molecule has 0 aromatic heterocycles. The number of carbonyl (C=O) groups is 1. The average molecular weight is 302 g/mol. The second kappa shape index (κ2) is 5.14. The first-order valence-electron chi connectivity index (χ1n) is 5.48. The molecule has 1 atom stereocenters. The molecule has 0 amide bonds. The summed E-state index contributed by atoms with van der Waals surface area (Å²) in [5, 5.41) is 9.05. The fraction of sp³-hybridized carbons (Fsp3) is 0.417. The van der Waals surface area contributed by atoms with Crippen LogP contribution >= 0.6 is 15.9 Å². The monoisotopic (exact) mass is 301 g/mol. The van der Waals surface area contributed by atoms with Crippen molar-refractivity contribution < 1.29 is 14.3 Å². The maximum absolute atomic E-state index is 13.2. The molecule has 1 N–H and O–H groups in total. The normalized spacial score (nSPS) is 20.7. The van der Waals surface area contributed by atoms with Gasteiger partial charge in [0.1, 0.15) is 11.9 Å². The van der Waals surface area contributed by atoms with Gasteiger partial charge in [-0.05, 0) is 43.1 Å². The average Bonchev–Trinajstić information content (AvgIpc) is 2.63. The topological polar surface area (TPSA) is 40.5 Å². The molecule has 5 heteroatoms. The highest BCUT2D eigenvalue weighted by molar-refractivity contribution is 9.10. The van der Waals surface area contributed by atoms with E-state index < -0.39 is 12.0 Å². The number of halogens is 2. The molecule has 1 fully saturated rings.